The molecule has 0 aliphatic rings. The second-order valence-corrected chi connectivity index (χ2v) is 8.49. The highest BCUT2D eigenvalue weighted by molar-refractivity contribution is 8.13. The molecule has 0 bridgehead atoms. The van der Waals surface area contributed by atoms with Crippen LogP contribution in [0.1, 0.15) is 53.4 Å². The first-order valence-electron chi connectivity index (χ1n) is 8.36. The van der Waals surface area contributed by atoms with Crippen molar-refractivity contribution in [2.45, 2.75) is 64.8 Å². The first-order valence-corrected chi connectivity index (χ1v) is 11.0. The number of carbonyl (C=O) groups excluding carboxylic acids is 3. The molecular weight excluding hydrogens is 387 g/mol. The molecule has 0 aromatic rings. The van der Waals surface area contributed by atoms with Crippen molar-refractivity contribution < 1.29 is 42.9 Å². The molecule has 2 N–H and O–H groups in total. The molecule has 26 heavy (non-hydrogen) atoms. The van der Waals surface area contributed by atoms with E-state index in [0.717, 1.165) is 18.2 Å². The third-order valence-electron chi connectivity index (χ3n) is 3.72. The minimum Gasteiger partial charge on any atom is -0.460 e. The Labute approximate surface area is 157 Å². The molecular formula is C15H27O9PS. The summed E-state index contributed by atoms with van der Waals surface area (Å²) in [5.74, 6) is -2.06. The molecule has 152 valence electrons. The van der Waals surface area contributed by atoms with Crippen LogP contribution in [0, 0.1) is 0 Å². The molecule has 0 heterocycles. The number of esters is 2. The fourth-order valence-electron chi connectivity index (χ4n) is 2.02. The zero-order valence-corrected chi connectivity index (χ0v) is 17.1. The summed E-state index contributed by atoms with van der Waals surface area (Å²) >= 11 is 0.743. The Morgan fingerprint density at radius 1 is 1.08 bits per heavy atom. The number of unbranched alkanes of at least 4 members (excludes halogenated alkanes) is 1. The summed E-state index contributed by atoms with van der Waals surface area (Å²) in [6.07, 6.45) is -1.16. The predicted octanol–water partition coefficient (Wildman–Crippen LogP) is 2.83. The minimum absolute atomic E-state index is 0.0348. The Morgan fingerprint density at radius 2 is 1.65 bits per heavy atom. The van der Waals surface area contributed by atoms with E-state index in [4.69, 9.17) is 14.2 Å². The van der Waals surface area contributed by atoms with E-state index in [2.05, 4.69) is 0 Å². The maximum absolute atomic E-state index is 12.4. The van der Waals surface area contributed by atoms with Gasteiger partial charge in [-0.2, -0.15) is 0 Å². The molecule has 1 atom stereocenters. The van der Waals surface area contributed by atoms with Gasteiger partial charge in [-0.05, 0) is 31.0 Å². The van der Waals surface area contributed by atoms with Crippen LogP contribution in [0.25, 0.3) is 0 Å². The van der Waals surface area contributed by atoms with Gasteiger partial charge in [0.1, 0.15) is 0 Å². The van der Waals surface area contributed by atoms with Crippen molar-refractivity contribution in [1.29, 1.82) is 0 Å². The maximum atomic E-state index is 12.4. The molecule has 0 saturated heterocycles. The van der Waals surface area contributed by atoms with Crippen LogP contribution in [0.3, 0.4) is 0 Å². The molecule has 0 fully saturated rings. The van der Waals surface area contributed by atoms with Gasteiger partial charge in [0.25, 0.3) is 0 Å². The van der Waals surface area contributed by atoms with E-state index in [9.17, 15) is 28.7 Å². The highest BCUT2D eigenvalue weighted by Gasteiger charge is 2.53. The lowest BCUT2D eigenvalue weighted by Crippen LogP contribution is -2.44. The van der Waals surface area contributed by atoms with Gasteiger partial charge in [0.05, 0.1) is 6.61 Å². The highest BCUT2D eigenvalue weighted by Crippen LogP contribution is 2.55. The first kappa shape index (κ1) is 24.9. The SMILES string of the molecule is CCCCOC(=O)C(OC(=O)SCC)OC(=O)C(CC)(CC)P(=O)(O)O. The van der Waals surface area contributed by atoms with Gasteiger partial charge in [0, 0.05) is 5.75 Å². The lowest BCUT2D eigenvalue weighted by atomic mass is 10.0. The topological polar surface area (TPSA) is 136 Å². The molecule has 0 saturated carbocycles. The minimum atomic E-state index is -4.89. The van der Waals surface area contributed by atoms with E-state index in [-0.39, 0.29) is 19.4 Å². The first-order chi connectivity index (χ1) is 12.1. The van der Waals surface area contributed by atoms with E-state index in [1.165, 1.54) is 13.8 Å². The summed E-state index contributed by atoms with van der Waals surface area (Å²) in [6.45, 7) is 6.42. The number of ether oxygens (including phenoxy) is 3. The van der Waals surface area contributed by atoms with Gasteiger partial charge in [0.2, 0.25) is 0 Å². The Morgan fingerprint density at radius 3 is 2.08 bits per heavy atom. The van der Waals surface area contributed by atoms with Gasteiger partial charge in [-0.1, -0.05) is 34.1 Å². The summed E-state index contributed by atoms with van der Waals surface area (Å²) in [4.78, 5) is 55.3. The number of hydrogen-bond acceptors (Lipinski definition) is 8. The summed E-state index contributed by atoms with van der Waals surface area (Å²) in [5, 5.41) is -2.99. The highest BCUT2D eigenvalue weighted by atomic mass is 32.2. The average molecular weight is 414 g/mol. The quantitative estimate of drug-likeness (QED) is 0.225. The van der Waals surface area contributed by atoms with Crippen LogP contribution in [0.15, 0.2) is 0 Å². The van der Waals surface area contributed by atoms with Crippen LogP contribution >= 0.6 is 19.4 Å². The summed E-state index contributed by atoms with van der Waals surface area (Å²) < 4.78 is 26.4. The summed E-state index contributed by atoms with van der Waals surface area (Å²) in [6, 6.07) is 0. The molecule has 0 rings (SSSR count). The van der Waals surface area contributed by atoms with E-state index in [1.54, 1.807) is 6.92 Å². The second-order valence-electron chi connectivity index (χ2n) is 5.34. The molecule has 0 radical (unpaired) electrons. The van der Waals surface area contributed by atoms with Crippen molar-refractivity contribution in [3.63, 3.8) is 0 Å². The lowest BCUT2D eigenvalue weighted by Gasteiger charge is -2.30. The van der Waals surface area contributed by atoms with Gasteiger partial charge in [-0.15, -0.1) is 0 Å². The van der Waals surface area contributed by atoms with E-state index in [1.807, 2.05) is 6.92 Å². The van der Waals surface area contributed by atoms with Crippen LogP contribution in [0.4, 0.5) is 4.79 Å². The fraction of sp³-hybridized carbons (Fsp3) is 0.800. The van der Waals surface area contributed by atoms with Crippen molar-refractivity contribution in [2.75, 3.05) is 12.4 Å². The van der Waals surface area contributed by atoms with Gasteiger partial charge in [0.15, 0.2) is 5.16 Å². The van der Waals surface area contributed by atoms with Crippen LogP contribution in [0.2, 0.25) is 0 Å². The van der Waals surface area contributed by atoms with Gasteiger partial charge >= 0.3 is 31.1 Å². The molecule has 0 aliphatic heterocycles. The third kappa shape index (κ3) is 6.90. The predicted molar refractivity (Wildman–Crippen MR) is 95.7 cm³/mol. The molecule has 0 amide bonds. The Bertz CT molecular complexity index is 527. The Balaban J connectivity index is 5.42. The van der Waals surface area contributed by atoms with Crippen molar-refractivity contribution >= 4 is 36.6 Å². The lowest BCUT2D eigenvalue weighted by molar-refractivity contribution is -0.192. The number of carbonyl (C=O) groups is 3. The fourth-order valence-corrected chi connectivity index (χ4v) is 3.53. The standard InChI is InChI=1S/C15H27O9PS/c1-5-9-10-22-11(16)12(24-14(18)26-8-4)23-13(17)15(6-2,7-3)25(19,20)21/h12H,5-10H2,1-4H3,(H2,19,20,21). The zero-order chi connectivity index (χ0) is 20.4. The van der Waals surface area contributed by atoms with Gasteiger partial charge < -0.3 is 24.0 Å². The summed E-state index contributed by atoms with van der Waals surface area (Å²) in [5.41, 5.74) is 0. The molecule has 0 aromatic heterocycles. The molecule has 1 unspecified atom stereocenters. The molecule has 0 aromatic carbocycles. The largest absolute Gasteiger partial charge is 0.460 e. The second kappa shape index (κ2) is 11.6. The average Bonchev–Trinajstić information content (AvgIpc) is 2.54. The van der Waals surface area contributed by atoms with Crippen molar-refractivity contribution in [3.05, 3.63) is 0 Å². The van der Waals surface area contributed by atoms with Crippen molar-refractivity contribution in [1.82, 2.24) is 0 Å². The van der Waals surface area contributed by atoms with E-state index >= 15 is 0 Å². The van der Waals surface area contributed by atoms with Crippen LogP contribution in [-0.4, -0.2) is 50.8 Å². The number of hydrogen-bond donors (Lipinski definition) is 2. The van der Waals surface area contributed by atoms with Gasteiger partial charge in [-0.25, -0.2) is 9.59 Å². The van der Waals surface area contributed by atoms with Crippen LogP contribution in [-0.2, 0) is 28.4 Å². The van der Waals surface area contributed by atoms with Crippen LogP contribution < -0.4 is 0 Å². The monoisotopic (exact) mass is 414 g/mol. The van der Waals surface area contributed by atoms with Crippen molar-refractivity contribution in [3.8, 4) is 0 Å². The van der Waals surface area contributed by atoms with E-state index < -0.39 is 36.3 Å². The zero-order valence-electron chi connectivity index (χ0n) is 15.4. The van der Waals surface area contributed by atoms with Crippen LogP contribution in [0.5, 0.6) is 0 Å². The maximum Gasteiger partial charge on any atom is 0.389 e. The Kier molecular flexibility index (Phi) is 11.1. The molecule has 0 aliphatic carbocycles. The summed E-state index contributed by atoms with van der Waals surface area (Å²) in [7, 11) is -4.89. The third-order valence-corrected chi connectivity index (χ3v) is 6.27. The molecule has 0 spiro atoms. The molecule has 11 heteroatoms. The number of rotatable bonds is 11. The van der Waals surface area contributed by atoms with E-state index in [0.29, 0.717) is 12.2 Å². The Hall–Kier alpha value is -1.09. The number of thioether (sulfide) groups is 1. The van der Waals surface area contributed by atoms with Gasteiger partial charge in [-0.3, -0.25) is 9.36 Å². The smallest absolute Gasteiger partial charge is 0.389 e. The normalized spacial score (nSPS) is 13.0. The van der Waals surface area contributed by atoms with Crippen molar-refractivity contribution in [2.24, 2.45) is 0 Å². The molecule has 9 nitrogen and oxygen atoms in total.